The van der Waals surface area contributed by atoms with Crippen LogP contribution in [0.5, 0.6) is 0 Å². The van der Waals surface area contributed by atoms with Crippen LogP contribution in [-0.4, -0.2) is 19.0 Å². The zero-order valence-corrected chi connectivity index (χ0v) is 10.8. The molecular formula is C15H13NO4. The first kappa shape index (κ1) is 13.6. The van der Waals surface area contributed by atoms with Crippen molar-refractivity contribution in [1.29, 1.82) is 0 Å². The van der Waals surface area contributed by atoms with Crippen molar-refractivity contribution >= 4 is 23.6 Å². The summed E-state index contributed by atoms with van der Waals surface area (Å²) in [5.74, 6) is -0.296. The number of rotatable bonds is 4. The minimum atomic E-state index is -0.504. The minimum absolute atomic E-state index is 0.301. The van der Waals surface area contributed by atoms with Crippen LogP contribution in [0.15, 0.2) is 53.2 Å². The van der Waals surface area contributed by atoms with Crippen LogP contribution < -0.4 is 5.32 Å². The molecule has 1 N–H and O–H groups in total. The van der Waals surface area contributed by atoms with Gasteiger partial charge in [-0.15, -0.1) is 0 Å². The molecule has 0 saturated carbocycles. The lowest BCUT2D eigenvalue weighted by molar-refractivity contribution is -0.111. The van der Waals surface area contributed by atoms with Gasteiger partial charge in [-0.1, -0.05) is 12.1 Å². The molecule has 0 spiro atoms. The normalized spacial score (nSPS) is 10.4. The molecule has 1 aromatic carbocycles. The predicted octanol–water partition coefficient (Wildman–Crippen LogP) is 2.72. The van der Waals surface area contributed by atoms with Crippen LogP contribution in [0.2, 0.25) is 0 Å². The van der Waals surface area contributed by atoms with Crippen molar-refractivity contribution in [1.82, 2.24) is 0 Å². The molecule has 1 aromatic heterocycles. The maximum Gasteiger partial charge on any atom is 0.339 e. The summed E-state index contributed by atoms with van der Waals surface area (Å²) in [5.41, 5.74) is 0.697. The lowest BCUT2D eigenvalue weighted by Gasteiger charge is -2.07. The average molecular weight is 271 g/mol. The summed E-state index contributed by atoms with van der Waals surface area (Å²) in [7, 11) is 1.29. The van der Waals surface area contributed by atoms with Gasteiger partial charge in [0, 0.05) is 6.08 Å². The van der Waals surface area contributed by atoms with Gasteiger partial charge in [-0.2, -0.15) is 0 Å². The molecule has 20 heavy (non-hydrogen) atoms. The first-order chi connectivity index (χ1) is 9.70. The first-order valence-electron chi connectivity index (χ1n) is 5.90. The van der Waals surface area contributed by atoms with Crippen LogP contribution in [0.1, 0.15) is 16.1 Å². The molecule has 2 rings (SSSR count). The molecule has 0 aliphatic rings. The Kier molecular flexibility index (Phi) is 4.34. The molecule has 2 aromatic rings. The Morgan fingerprint density at radius 3 is 2.70 bits per heavy atom. The van der Waals surface area contributed by atoms with E-state index < -0.39 is 5.97 Å². The van der Waals surface area contributed by atoms with E-state index in [0.29, 0.717) is 17.0 Å². The predicted molar refractivity (Wildman–Crippen MR) is 74.2 cm³/mol. The largest absolute Gasteiger partial charge is 0.465 e. The highest BCUT2D eigenvalue weighted by atomic mass is 16.5. The number of furan rings is 1. The van der Waals surface area contributed by atoms with Crippen molar-refractivity contribution in [3.05, 3.63) is 60.1 Å². The van der Waals surface area contributed by atoms with Gasteiger partial charge in [0.15, 0.2) is 0 Å². The number of hydrogen-bond donors (Lipinski definition) is 1. The molecule has 5 heteroatoms. The first-order valence-corrected chi connectivity index (χ1v) is 5.90. The molecular weight excluding hydrogens is 258 g/mol. The molecule has 1 amide bonds. The molecule has 1 heterocycles. The number of methoxy groups -OCH3 is 1. The molecule has 0 bridgehead atoms. The highest BCUT2D eigenvalue weighted by molar-refractivity contribution is 6.06. The van der Waals surface area contributed by atoms with Crippen molar-refractivity contribution < 1.29 is 18.7 Å². The van der Waals surface area contributed by atoms with Crippen molar-refractivity contribution in [2.75, 3.05) is 12.4 Å². The van der Waals surface area contributed by atoms with Gasteiger partial charge in [0.1, 0.15) is 5.76 Å². The third kappa shape index (κ3) is 3.35. The van der Waals surface area contributed by atoms with Gasteiger partial charge in [-0.05, 0) is 30.3 Å². The molecule has 5 nitrogen and oxygen atoms in total. The summed E-state index contributed by atoms with van der Waals surface area (Å²) in [6.07, 6.45) is 4.38. The van der Waals surface area contributed by atoms with Crippen LogP contribution in [0, 0.1) is 0 Å². The van der Waals surface area contributed by atoms with E-state index in [1.165, 1.54) is 25.5 Å². The van der Waals surface area contributed by atoms with Crippen molar-refractivity contribution in [2.45, 2.75) is 0 Å². The van der Waals surface area contributed by atoms with Gasteiger partial charge in [0.05, 0.1) is 24.6 Å². The Balaban J connectivity index is 2.10. The second kappa shape index (κ2) is 6.38. The Morgan fingerprint density at radius 2 is 2.00 bits per heavy atom. The van der Waals surface area contributed by atoms with Gasteiger partial charge < -0.3 is 14.5 Å². The Bertz CT molecular complexity index is 629. The molecule has 0 atom stereocenters. The zero-order chi connectivity index (χ0) is 14.4. The second-order valence-electron chi connectivity index (χ2n) is 3.88. The fourth-order valence-electron chi connectivity index (χ4n) is 1.60. The van der Waals surface area contributed by atoms with Gasteiger partial charge >= 0.3 is 5.97 Å². The van der Waals surface area contributed by atoms with E-state index in [4.69, 9.17) is 4.42 Å². The van der Waals surface area contributed by atoms with Gasteiger partial charge in [-0.3, -0.25) is 4.79 Å². The monoisotopic (exact) mass is 271 g/mol. The summed E-state index contributed by atoms with van der Waals surface area (Å²) in [6, 6.07) is 10.1. The van der Waals surface area contributed by atoms with Gasteiger partial charge in [0.2, 0.25) is 5.91 Å². The highest BCUT2D eigenvalue weighted by Gasteiger charge is 2.11. The van der Waals surface area contributed by atoms with Crippen LogP contribution in [0.3, 0.4) is 0 Å². The molecule has 0 aliphatic carbocycles. The van der Waals surface area contributed by atoms with E-state index >= 15 is 0 Å². The second-order valence-corrected chi connectivity index (χ2v) is 3.88. The zero-order valence-electron chi connectivity index (χ0n) is 10.8. The molecule has 0 radical (unpaired) electrons. The molecule has 0 fully saturated rings. The third-order valence-corrected chi connectivity index (χ3v) is 2.53. The summed E-state index contributed by atoms with van der Waals surface area (Å²) in [6.45, 7) is 0. The number of hydrogen-bond acceptors (Lipinski definition) is 4. The number of anilines is 1. The molecule has 0 saturated heterocycles. The Hall–Kier alpha value is -2.82. The van der Waals surface area contributed by atoms with Crippen molar-refractivity contribution in [3.8, 4) is 0 Å². The minimum Gasteiger partial charge on any atom is -0.465 e. The Morgan fingerprint density at radius 1 is 1.20 bits per heavy atom. The SMILES string of the molecule is COC(=O)c1ccccc1NC(=O)/C=C/c1ccco1. The number of nitrogens with one attached hydrogen (secondary N) is 1. The summed E-state index contributed by atoms with van der Waals surface area (Å²) < 4.78 is 9.73. The van der Waals surface area contributed by atoms with E-state index in [2.05, 4.69) is 10.1 Å². The molecule has 0 aliphatic heterocycles. The third-order valence-electron chi connectivity index (χ3n) is 2.53. The lowest BCUT2D eigenvalue weighted by Crippen LogP contribution is -2.12. The van der Waals surface area contributed by atoms with Crippen LogP contribution in [0.4, 0.5) is 5.69 Å². The van der Waals surface area contributed by atoms with Gasteiger partial charge in [-0.25, -0.2) is 4.79 Å². The number of esters is 1. The quantitative estimate of drug-likeness (QED) is 0.685. The van der Waals surface area contributed by atoms with Gasteiger partial charge in [0.25, 0.3) is 0 Å². The lowest BCUT2D eigenvalue weighted by atomic mass is 10.2. The number of carbonyl (C=O) groups is 2. The summed E-state index contributed by atoms with van der Waals surface area (Å²) in [4.78, 5) is 23.3. The van der Waals surface area contributed by atoms with Crippen LogP contribution in [0.25, 0.3) is 6.08 Å². The number of ether oxygens (including phenoxy) is 1. The van der Waals surface area contributed by atoms with E-state index in [1.807, 2.05) is 0 Å². The Labute approximate surface area is 115 Å². The maximum atomic E-state index is 11.8. The summed E-state index contributed by atoms with van der Waals surface area (Å²) in [5, 5.41) is 2.62. The van der Waals surface area contributed by atoms with Crippen molar-refractivity contribution in [2.24, 2.45) is 0 Å². The van der Waals surface area contributed by atoms with E-state index in [1.54, 1.807) is 36.4 Å². The standard InChI is InChI=1S/C15H13NO4/c1-19-15(18)12-6-2-3-7-13(12)16-14(17)9-8-11-5-4-10-20-11/h2-10H,1H3,(H,16,17)/b9-8+. The topological polar surface area (TPSA) is 68.5 Å². The van der Waals surface area contributed by atoms with Crippen molar-refractivity contribution in [3.63, 3.8) is 0 Å². The van der Waals surface area contributed by atoms with E-state index in [-0.39, 0.29) is 5.91 Å². The number of amides is 1. The van der Waals surface area contributed by atoms with Crippen LogP contribution in [-0.2, 0) is 9.53 Å². The highest BCUT2D eigenvalue weighted by Crippen LogP contribution is 2.16. The van der Waals surface area contributed by atoms with E-state index in [0.717, 1.165) is 0 Å². The number of para-hydroxylation sites is 1. The maximum absolute atomic E-state index is 11.8. The fourth-order valence-corrected chi connectivity index (χ4v) is 1.60. The average Bonchev–Trinajstić information content (AvgIpc) is 2.98. The van der Waals surface area contributed by atoms with Crippen LogP contribution >= 0.6 is 0 Å². The smallest absolute Gasteiger partial charge is 0.339 e. The number of carbonyl (C=O) groups excluding carboxylic acids is 2. The molecule has 0 unspecified atom stereocenters. The molecule has 102 valence electrons. The number of benzene rings is 1. The fraction of sp³-hybridized carbons (Fsp3) is 0.0667. The summed E-state index contributed by atoms with van der Waals surface area (Å²) >= 11 is 0. The van der Waals surface area contributed by atoms with E-state index in [9.17, 15) is 9.59 Å².